The molecule has 10 heteroatoms. The molecule has 0 unspecified atom stereocenters. The predicted octanol–water partition coefficient (Wildman–Crippen LogP) is 5.25. The lowest BCUT2D eigenvalue weighted by atomic mass is 10.0. The van der Waals surface area contributed by atoms with E-state index in [2.05, 4.69) is 25.6 Å². The molecule has 3 aromatic heterocycles. The van der Waals surface area contributed by atoms with Crippen LogP contribution in [-0.2, 0) is 6.42 Å². The Balaban J connectivity index is 1.35. The predicted molar refractivity (Wildman–Crippen MR) is 135 cm³/mol. The summed E-state index contributed by atoms with van der Waals surface area (Å²) in [7, 11) is 0. The van der Waals surface area contributed by atoms with E-state index in [1.165, 1.54) is 25.0 Å². The Morgan fingerprint density at radius 3 is 2.69 bits per heavy atom. The molecule has 4 N–H and O–H groups in total. The van der Waals surface area contributed by atoms with Gasteiger partial charge in [0.15, 0.2) is 0 Å². The summed E-state index contributed by atoms with van der Waals surface area (Å²) in [4.78, 5) is 9.60. The molecule has 0 aliphatic heterocycles. The Kier molecular flexibility index (Phi) is 5.33. The van der Waals surface area contributed by atoms with Gasteiger partial charge in [-0.15, -0.1) is 0 Å². The van der Waals surface area contributed by atoms with E-state index in [0.717, 1.165) is 22.3 Å². The van der Waals surface area contributed by atoms with Crippen molar-refractivity contribution in [2.75, 3.05) is 17.6 Å². The van der Waals surface area contributed by atoms with Gasteiger partial charge in [-0.3, -0.25) is 9.78 Å². The number of hydrogen-bond donors (Lipinski definition) is 3. The summed E-state index contributed by atoms with van der Waals surface area (Å²) in [5.41, 5.74) is 10.4. The van der Waals surface area contributed by atoms with E-state index >= 15 is 0 Å². The normalized spacial score (nSPS) is 13.4. The number of nitrogen functional groups attached to an aromatic ring is 1. The molecule has 0 bridgehead atoms. The fraction of sp³-hybridized carbons (Fsp3) is 0.200. The molecule has 1 fully saturated rings. The van der Waals surface area contributed by atoms with Gasteiger partial charge in [-0.25, -0.2) is 14.4 Å². The van der Waals surface area contributed by atoms with Crippen LogP contribution in [0.5, 0.6) is 0 Å². The number of aromatic nitrogens is 6. The van der Waals surface area contributed by atoms with Gasteiger partial charge < -0.3 is 11.1 Å². The van der Waals surface area contributed by atoms with Crippen molar-refractivity contribution in [2.24, 2.45) is 0 Å². The first kappa shape index (κ1) is 21.5. The number of anilines is 2. The highest BCUT2D eigenvalue weighted by molar-refractivity contribution is 6.35. The minimum Gasteiger partial charge on any atom is -0.382 e. The van der Waals surface area contributed by atoms with Crippen LogP contribution in [0.3, 0.4) is 0 Å². The van der Waals surface area contributed by atoms with Crippen LogP contribution in [0.1, 0.15) is 24.6 Å². The summed E-state index contributed by atoms with van der Waals surface area (Å²) < 4.78 is 15.6. The molecule has 176 valence electrons. The van der Waals surface area contributed by atoms with Crippen LogP contribution < -0.4 is 11.1 Å². The van der Waals surface area contributed by atoms with Crippen molar-refractivity contribution in [1.29, 1.82) is 0 Å². The van der Waals surface area contributed by atoms with Gasteiger partial charge in [0, 0.05) is 41.7 Å². The van der Waals surface area contributed by atoms with Crippen molar-refractivity contribution in [3.05, 3.63) is 71.4 Å². The molecule has 8 nitrogen and oxygen atoms in total. The molecule has 1 saturated carbocycles. The fourth-order valence-corrected chi connectivity index (χ4v) is 4.38. The molecular formula is C25H22ClFN8. The molecule has 5 aromatic rings. The number of halogens is 2. The number of rotatable bonds is 7. The monoisotopic (exact) mass is 488 g/mol. The van der Waals surface area contributed by atoms with E-state index in [4.69, 9.17) is 22.3 Å². The Morgan fingerprint density at radius 1 is 1.09 bits per heavy atom. The molecule has 0 amide bonds. The third-order valence-corrected chi connectivity index (χ3v) is 6.39. The number of H-pyrrole nitrogens is 1. The maximum absolute atomic E-state index is 13.6. The molecule has 0 saturated heterocycles. The lowest BCUT2D eigenvalue weighted by Gasteiger charge is -2.14. The van der Waals surface area contributed by atoms with E-state index in [1.54, 1.807) is 18.3 Å². The molecule has 2 aromatic carbocycles. The average Bonchev–Trinajstić information content (AvgIpc) is 3.39. The number of nitrogens with zero attached hydrogens (tertiary/aromatic N) is 5. The number of nitrogens with two attached hydrogens (primary N) is 1. The topological polar surface area (TPSA) is 110 Å². The molecule has 1 aliphatic rings. The lowest BCUT2D eigenvalue weighted by Crippen LogP contribution is -2.11. The van der Waals surface area contributed by atoms with Crippen LogP contribution in [0.2, 0.25) is 5.02 Å². The van der Waals surface area contributed by atoms with Crippen LogP contribution in [0.25, 0.3) is 33.4 Å². The second-order valence-corrected chi connectivity index (χ2v) is 9.05. The lowest BCUT2D eigenvalue weighted by molar-refractivity contribution is 0.628. The van der Waals surface area contributed by atoms with Gasteiger partial charge in [0.25, 0.3) is 0 Å². The number of aromatic amines is 1. The second-order valence-electron chi connectivity index (χ2n) is 8.64. The van der Waals surface area contributed by atoms with Gasteiger partial charge in [-0.05, 0) is 49.2 Å². The summed E-state index contributed by atoms with van der Waals surface area (Å²) in [6, 6.07) is 12.4. The quantitative estimate of drug-likeness (QED) is 0.288. The number of hydrogen-bond acceptors (Lipinski definition) is 6. The van der Waals surface area contributed by atoms with E-state index in [9.17, 15) is 4.39 Å². The van der Waals surface area contributed by atoms with Crippen molar-refractivity contribution >= 4 is 34.1 Å². The van der Waals surface area contributed by atoms with Crippen LogP contribution in [0, 0.1) is 5.82 Å². The van der Waals surface area contributed by atoms with Gasteiger partial charge in [0.1, 0.15) is 17.5 Å². The molecular weight excluding hydrogens is 467 g/mol. The van der Waals surface area contributed by atoms with Crippen molar-refractivity contribution in [3.8, 4) is 22.5 Å². The highest BCUT2D eigenvalue weighted by atomic mass is 35.5. The van der Waals surface area contributed by atoms with Gasteiger partial charge in [0.2, 0.25) is 0 Å². The summed E-state index contributed by atoms with van der Waals surface area (Å²) in [6.07, 6.45) is 6.63. The maximum atomic E-state index is 13.6. The first-order valence-electron chi connectivity index (χ1n) is 11.4. The zero-order valence-corrected chi connectivity index (χ0v) is 19.4. The van der Waals surface area contributed by atoms with Gasteiger partial charge in [0.05, 0.1) is 39.9 Å². The summed E-state index contributed by atoms with van der Waals surface area (Å²) >= 11 is 6.51. The SMILES string of the molecule is Nc1nc(-c2ccc(F)cc2)c(-c2cc(Cl)c3[nH]ncc3c2)nc1CCNc1ccn(C2CC2)n1. The van der Waals surface area contributed by atoms with Crippen LogP contribution in [0.15, 0.2) is 54.9 Å². The van der Waals surface area contributed by atoms with Gasteiger partial charge in [-0.2, -0.15) is 10.2 Å². The molecule has 0 radical (unpaired) electrons. The van der Waals surface area contributed by atoms with Crippen molar-refractivity contribution in [1.82, 2.24) is 29.9 Å². The minimum atomic E-state index is -0.328. The Labute approximate surface area is 205 Å². The third kappa shape index (κ3) is 4.30. The van der Waals surface area contributed by atoms with Crippen molar-refractivity contribution in [3.63, 3.8) is 0 Å². The first-order valence-corrected chi connectivity index (χ1v) is 11.8. The fourth-order valence-electron chi connectivity index (χ4n) is 4.11. The largest absolute Gasteiger partial charge is 0.382 e. The van der Waals surface area contributed by atoms with E-state index < -0.39 is 0 Å². The van der Waals surface area contributed by atoms with Crippen LogP contribution in [0.4, 0.5) is 16.0 Å². The average molecular weight is 489 g/mol. The van der Waals surface area contributed by atoms with E-state index in [-0.39, 0.29) is 5.82 Å². The molecule has 35 heavy (non-hydrogen) atoms. The van der Waals surface area contributed by atoms with Crippen LogP contribution in [-0.4, -0.2) is 36.5 Å². The van der Waals surface area contributed by atoms with Gasteiger partial charge >= 0.3 is 0 Å². The zero-order chi connectivity index (χ0) is 23.9. The molecule has 0 spiro atoms. The molecule has 3 heterocycles. The highest BCUT2D eigenvalue weighted by Gasteiger charge is 2.24. The molecule has 0 atom stereocenters. The number of fused-ring (bicyclic) bond motifs is 1. The Morgan fingerprint density at radius 2 is 1.89 bits per heavy atom. The number of nitrogens with one attached hydrogen (secondary N) is 2. The summed E-state index contributed by atoms with van der Waals surface area (Å²) in [6.45, 7) is 0.595. The highest BCUT2D eigenvalue weighted by Crippen LogP contribution is 2.36. The number of benzene rings is 2. The Hall–Kier alpha value is -3.98. The van der Waals surface area contributed by atoms with Crippen LogP contribution >= 0.6 is 11.6 Å². The van der Waals surface area contributed by atoms with Crippen molar-refractivity contribution in [2.45, 2.75) is 25.3 Å². The van der Waals surface area contributed by atoms with E-state index in [0.29, 0.717) is 52.5 Å². The minimum absolute atomic E-state index is 0.328. The molecule has 6 rings (SSSR count). The standard InChI is InChI=1S/C25H22ClFN8/c26-19-12-15(11-16-13-30-33-22(16)19)24-23(14-1-3-17(27)4-2-14)32-25(28)20(31-24)7-9-29-21-8-10-35(34-21)18-5-6-18/h1-4,8,10-13,18H,5-7,9H2,(H2,28,32)(H,29,34)(H,30,33). The first-order chi connectivity index (χ1) is 17.0. The Bertz CT molecular complexity index is 1520. The van der Waals surface area contributed by atoms with Gasteiger partial charge in [-0.1, -0.05) is 11.6 Å². The second kappa shape index (κ2) is 8.66. The van der Waals surface area contributed by atoms with E-state index in [1.807, 2.05) is 29.1 Å². The smallest absolute Gasteiger partial charge is 0.148 e. The zero-order valence-electron chi connectivity index (χ0n) is 18.7. The maximum Gasteiger partial charge on any atom is 0.148 e. The summed E-state index contributed by atoms with van der Waals surface area (Å²) in [5.74, 6) is 0.823. The summed E-state index contributed by atoms with van der Waals surface area (Å²) in [5, 5.41) is 16.3. The molecule has 1 aliphatic carbocycles. The third-order valence-electron chi connectivity index (χ3n) is 6.09. The van der Waals surface area contributed by atoms with Crippen molar-refractivity contribution < 1.29 is 4.39 Å².